The number of anilines is 2. The van der Waals surface area contributed by atoms with Crippen LogP contribution in [0.4, 0.5) is 11.5 Å². The van der Waals surface area contributed by atoms with Crippen LogP contribution in [0.1, 0.15) is 12.5 Å². The van der Waals surface area contributed by atoms with E-state index in [0.29, 0.717) is 18.9 Å². The molecule has 0 aliphatic rings. The van der Waals surface area contributed by atoms with Crippen LogP contribution >= 0.6 is 0 Å². The number of benzene rings is 1. The van der Waals surface area contributed by atoms with Crippen LogP contribution in [0.15, 0.2) is 41.5 Å². The van der Waals surface area contributed by atoms with Crippen molar-refractivity contribution in [1.29, 1.82) is 0 Å². The topological polar surface area (TPSA) is 64.2 Å². The average molecular weight is 258 g/mol. The van der Waals surface area contributed by atoms with E-state index in [0.717, 1.165) is 11.3 Å². The second-order valence-electron chi connectivity index (χ2n) is 4.43. The molecule has 5 nitrogen and oxygen atoms in total. The van der Waals surface area contributed by atoms with Crippen LogP contribution in [-0.2, 0) is 13.6 Å². The number of rotatable bonds is 4. The number of aryl methyl sites for hydroxylation is 1. The molecule has 5 heteroatoms. The summed E-state index contributed by atoms with van der Waals surface area (Å²) in [6, 6.07) is 7.66. The quantitative estimate of drug-likeness (QED) is 0.842. The summed E-state index contributed by atoms with van der Waals surface area (Å²) in [5.74, 6) is 0.468. The highest BCUT2D eigenvalue weighted by Gasteiger charge is 2.11. The van der Waals surface area contributed by atoms with E-state index >= 15 is 0 Å². The Balaban J connectivity index is 2.30. The number of nitrogen functional groups attached to an aromatic ring is 1. The minimum Gasteiger partial charge on any atom is -0.399 e. The van der Waals surface area contributed by atoms with Gasteiger partial charge in [0.1, 0.15) is 0 Å². The molecule has 0 bridgehead atoms. The van der Waals surface area contributed by atoms with Gasteiger partial charge in [0.2, 0.25) is 0 Å². The van der Waals surface area contributed by atoms with Crippen LogP contribution in [-0.4, -0.2) is 16.1 Å². The number of nitrogens with zero attached hydrogens (tertiary/aromatic N) is 3. The third-order valence-corrected chi connectivity index (χ3v) is 3.00. The summed E-state index contributed by atoms with van der Waals surface area (Å²) in [6.45, 7) is 3.33. The first kappa shape index (κ1) is 13.1. The molecule has 100 valence electrons. The average Bonchev–Trinajstić information content (AvgIpc) is 2.40. The van der Waals surface area contributed by atoms with Crippen molar-refractivity contribution >= 4 is 11.5 Å². The number of aromatic nitrogens is 2. The molecule has 2 aromatic rings. The van der Waals surface area contributed by atoms with Crippen LogP contribution in [0.2, 0.25) is 0 Å². The van der Waals surface area contributed by atoms with E-state index in [1.807, 2.05) is 36.1 Å². The highest BCUT2D eigenvalue weighted by Crippen LogP contribution is 2.12. The van der Waals surface area contributed by atoms with Gasteiger partial charge in [-0.25, -0.2) is 4.98 Å². The fraction of sp³-hybridized carbons (Fsp3) is 0.286. The summed E-state index contributed by atoms with van der Waals surface area (Å²) in [5.41, 5.74) is 7.47. The summed E-state index contributed by atoms with van der Waals surface area (Å²) in [6.07, 6.45) is 3.29. The summed E-state index contributed by atoms with van der Waals surface area (Å²) in [4.78, 5) is 18.2. The van der Waals surface area contributed by atoms with Crippen molar-refractivity contribution in [2.24, 2.45) is 7.05 Å². The fourth-order valence-electron chi connectivity index (χ4n) is 1.95. The Morgan fingerprint density at radius 1 is 1.42 bits per heavy atom. The molecule has 19 heavy (non-hydrogen) atoms. The van der Waals surface area contributed by atoms with Crippen molar-refractivity contribution in [3.63, 3.8) is 0 Å². The van der Waals surface area contributed by atoms with Crippen molar-refractivity contribution < 1.29 is 0 Å². The van der Waals surface area contributed by atoms with E-state index in [2.05, 4.69) is 4.98 Å². The van der Waals surface area contributed by atoms with Gasteiger partial charge >= 0.3 is 0 Å². The van der Waals surface area contributed by atoms with Crippen molar-refractivity contribution in [3.8, 4) is 0 Å². The van der Waals surface area contributed by atoms with Crippen molar-refractivity contribution in [2.45, 2.75) is 13.5 Å². The van der Waals surface area contributed by atoms with Crippen molar-refractivity contribution in [2.75, 3.05) is 17.2 Å². The maximum atomic E-state index is 12.1. The number of hydrogen-bond donors (Lipinski definition) is 1. The Morgan fingerprint density at radius 2 is 2.21 bits per heavy atom. The van der Waals surface area contributed by atoms with Gasteiger partial charge in [0.25, 0.3) is 5.56 Å². The molecule has 1 aromatic heterocycles. The lowest BCUT2D eigenvalue weighted by Gasteiger charge is -2.21. The zero-order valence-electron chi connectivity index (χ0n) is 11.2. The van der Waals surface area contributed by atoms with E-state index in [9.17, 15) is 4.79 Å². The van der Waals surface area contributed by atoms with E-state index < -0.39 is 0 Å². The summed E-state index contributed by atoms with van der Waals surface area (Å²) < 4.78 is 1.53. The maximum absolute atomic E-state index is 12.1. The standard InChI is InChI=1S/C14H18N4O/c1-3-18(10-11-5-4-6-12(15)9-11)13-14(19)17(2)8-7-16-13/h4-9H,3,10,15H2,1-2H3. The van der Waals surface area contributed by atoms with E-state index in [4.69, 9.17) is 5.73 Å². The maximum Gasteiger partial charge on any atom is 0.293 e. The fourth-order valence-corrected chi connectivity index (χ4v) is 1.95. The Hall–Kier alpha value is -2.30. The molecule has 0 spiro atoms. The zero-order valence-corrected chi connectivity index (χ0v) is 11.2. The normalized spacial score (nSPS) is 10.4. The molecule has 0 radical (unpaired) electrons. The van der Waals surface area contributed by atoms with Crippen LogP contribution in [0.5, 0.6) is 0 Å². The molecule has 1 heterocycles. The number of hydrogen-bond acceptors (Lipinski definition) is 4. The van der Waals surface area contributed by atoms with Crippen molar-refractivity contribution in [3.05, 3.63) is 52.6 Å². The SMILES string of the molecule is CCN(Cc1cccc(N)c1)c1nccn(C)c1=O. The lowest BCUT2D eigenvalue weighted by atomic mass is 10.2. The van der Waals surface area contributed by atoms with Crippen LogP contribution < -0.4 is 16.2 Å². The molecule has 0 aliphatic heterocycles. The first-order valence-corrected chi connectivity index (χ1v) is 6.23. The van der Waals surface area contributed by atoms with Gasteiger partial charge in [-0.15, -0.1) is 0 Å². The van der Waals surface area contributed by atoms with Crippen LogP contribution in [0.25, 0.3) is 0 Å². The van der Waals surface area contributed by atoms with Gasteiger partial charge in [-0.1, -0.05) is 12.1 Å². The second kappa shape index (κ2) is 5.56. The van der Waals surface area contributed by atoms with Gasteiger partial charge in [0.05, 0.1) is 0 Å². The molecule has 0 fully saturated rings. The van der Waals surface area contributed by atoms with Gasteiger partial charge < -0.3 is 15.2 Å². The third-order valence-electron chi connectivity index (χ3n) is 3.00. The molecule has 0 saturated carbocycles. The molecule has 0 atom stereocenters. The molecule has 2 rings (SSSR count). The van der Waals surface area contributed by atoms with Crippen LogP contribution in [0, 0.1) is 0 Å². The molecule has 0 aliphatic carbocycles. The van der Waals surface area contributed by atoms with Gasteiger partial charge in [-0.05, 0) is 24.6 Å². The molecular formula is C14H18N4O. The summed E-state index contributed by atoms with van der Waals surface area (Å²) in [5, 5.41) is 0. The molecule has 1 aromatic carbocycles. The zero-order chi connectivity index (χ0) is 13.8. The van der Waals surface area contributed by atoms with Gasteiger partial charge in [0, 0.05) is 38.2 Å². The van der Waals surface area contributed by atoms with E-state index in [1.165, 1.54) is 4.57 Å². The second-order valence-corrected chi connectivity index (χ2v) is 4.43. The van der Waals surface area contributed by atoms with Gasteiger partial charge in [0.15, 0.2) is 5.82 Å². The molecule has 0 unspecified atom stereocenters. The predicted molar refractivity (Wildman–Crippen MR) is 77.1 cm³/mol. The minimum atomic E-state index is -0.0896. The highest BCUT2D eigenvalue weighted by atomic mass is 16.1. The molecule has 2 N–H and O–H groups in total. The molecule has 0 saturated heterocycles. The first-order valence-electron chi connectivity index (χ1n) is 6.23. The Bertz CT molecular complexity index is 621. The first-order chi connectivity index (χ1) is 9.11. The highest BCUT2D eigenvalue weighted by molar-refractivity contribution is 5.43. The Kier molecular flexibility index (Phi) is 3.85. The molecular weight excluding hydrogens is 240 g/mol. The molecule has 0 amide bonds. The predicted octanol–water partition coefficient (Wildman–Crippen LogP) is 1.39. The van der Waals surface area contributed by atoms with Gasteiger partial charge in [-0.3, -0.25) is 4.79 Å². The Morgan fingerprint density at radius 3 is 2.89 bits per heavy atom. The summed E-state index contributed by atoms with van der Waals surface area (Å²) in [7, 11) is 1.72. The Labute approximate surface area is 112 Å². The van der Waals surface area contributed by atoms with Gasteiger partial charge in [-0.2, -0.15) is 0 Å². The third kappa shape index (κ3) is 2.93. The van der Waals surface area contributed by atoms with E-state index in [-0.39, 0.29) is 5.56 Å². The number of nitrogens with two attached hydrogens (primary N) is 1. The van der Waals surface area contributed by atoms with E-state index in [1.54, 1.807) is 19.4 Å². The summed E-state index contributed by atoms with van der Waals surface area (Å²) >= 11 is 0. The smallest absolute Gasteiger partial charge is 0.293 e. The van der Waals surface area contributed by atoms with Crippen molar-refractivity contribution in [1.82, 2.24) is 9.55 Å². The lowest BCUT2D eigenvalue weighted by Crippen LogP contribution is -2.32. The minimum absolute atomic E-state index is 0.0896. The lowest BCUT2D eigenvalue weighted by molar-refractivity contribution is 0.766. The largest absolute Gasteiger partial charge is 0.399 e. The van der Waals surface area contributed by atoms with Crippen LogP contribution in [0.3, 0.4) is 0 Å². The monoisotopic (exact) mass is 258 g/mol.